The lowest BCUT2D eigenvalue weighted by Gasteiger charge is -2.34. The number of anilines is 1. The van der Waals surface area contributed by atoms with E-state index >= 15 is 0 Å². The number of aryl methyl sites for hydroxylation is 1. The molecule has 33 heavy (non-hydrogen) atoms. The first-order valence-electron chi connectivity index (χ1n) is 10.8. The van der Waals surface area contributed by atoms with Crippen LogP contribution in [-0.2, 0) is 16.6 Å². The van der Waals surface area contributed by atoms with Crippen LogP contribution in [0.25, 0.3) is 0 Å². The molecule has 0 spiro atoms. The van der Waals surface area contributed by atoms with Crippen LogP contribution < -0.4 is 5.32 Å². The number of nitrogens with one attached hydrogen (secondary N) is 1. The zero-order chi connectivity index (χ0) is 23.4. The van der Waals surface area contributed by atoms with Crippen molar-refractivity contribution in [1.82, 2.24) is 9.21 Å². The maximum Gasteiger partial charge on any atom is 0.255 e. The van der Waals surface area contributed by atoms with E-state index in [-0.39, 0.29) is 11.6 Å². The summed E-state index contributed by atoms with van der Waals surface area (Å²) >= 11 is 0. The van der Waals surface area contributed by atoms with Gasteiger partial charge in [-0.05, 0) is 48.9 Å². The molecule has 0 aliphatic carbocycles. The smallest absolute Gasteiger partial charge is 0.255 e. The highest BCUT2D eigenvalue weighted by Crippen LogP contribution is 2.20. The second-order valence-corrected chi connectivity index (χ2v) is 10.1. The van der Waals surface area contributed by atoms with Crippen LogP contribution in [0.2, 0.25) is 0 Å². The molecule has 6 nitrogen and oxygen atoms in total. The van der Waals surface area contributed by atoms with Crippen molar-refractivity contribution >= 4 is 21.6 Å². The van der Waals surface area contributed by atoms with Crippen LogP contribution in [0.15, 0.2) is 77.7 Å². The number of halogens is 1. The van der Waals surface area contributed by atoms with Crippen molar-refractivity contribution in [3.05, 3.63) is 95.3 Å². The quantitative estimate of drug-likeness (QED) is 0.597. The van der Waals surface area contributed by atoms with E-state index in [0.29, 0.717) is 43.2 Å². The molecule has 8 heteroatoms. The Kier molecular flexibility index (Phi) is 6.88. The molecular formula is C25H26FN3O3S. The number of piperazine rings is 1. The van der Waals surface area contributed by atoms with Gasteiger partial charge < -0.3 is 5.32 Å². The number of hydrogen-bond donors (Lipinski definition) is 1. The first-order chi connectivity index (χ1) is 15.8. The van der Waals surface area contributed by atoms with Gasteiger partial charge in [-0.15, -0.1) is 0 Å². The standard InChI is InChI=1S/C25H26FN3O3S/c1-19-9-11-22(12-10-19)33(31,32)29-15-13-28(14-16-29)18-20-5-4-6-21(17-20)25(30)27-24-8-3-2-7-23(24)26/h2-12,17H,13-16,18H2,1H3,(H,27,30). The van der Waals surface area contributed by atoms with Crippen LogP contribution in [0.5, 0.6) is 0 Å². The van der Waals surface area contributed by atoms with E-state index in [1.54, 1.807) is 54.6 Å². The van der Waals surface area contributed by atoms with E-state index in [9.17, 15) is 17.6 Å². The van der Waals surface area contributed by atoms with Gasteiger partial charge in [0, 0.05) is 38.3 Å². The first-order valence-corrected chi connectivity index (χ1v) is 12.2. The van der Waals surface area contributed by atoms with Crippen LogP contribution in [-0.4, -0.2) is 49.7 Å². The number of carbonyl (C=O) groups excluding carboxylic acids is 1. The zero-order valence-corrected chi connectivity index (χ0v) is 19.2. The zero-order valence-electron chi connectivity index (χ0n) is 18.4. The Bertz CT molecular complexity index is 1240. The molecule has 0 bridgehead atoms. The van der Waals surface area contributed by atoms with E-state index in [4.69, 9.17) is 0 Å². The number of hydrogen-bond acceptors (Lipinski definition) is 4. The van der Waals surface area contributed by atoms with Gasteiger partial charge in [0.1, 0.15) is 5.82 Å². The molecule has 1 N–H and O–H groups in total. The number of nitrogens with zero attached hydrogens (tertiary/aromatic N) is 2. The SMILES string of the molecule is Cc1ccc(S(=O)(=O)N2CCN(Cc3cccc(C(=O)Nc4ccccc4F)c3)CC2)cc1. The lowest BCUT2D eigenvalue weighted by Crippen LogP contribution is -2.48. The molecule has 0 radical (unpaired) electrons. The number of rotatable bonds is 6. The molecule has 3 aromatic rings. The van der Waals surface area contributed by atoms with E-state index in [0.717, 1.165) is 11.1 Å². The summed E-state index contributed by atoms with van der Waals surface area (Å²) < 4.78 is 41.1. The molecule has 172 valence electrons. The summed E-state index contributed by atoms with van der Waals surface area (Å²) in [5.74, 6) is -0.864. The van der Waals surface area contributed by atoms with Gasteiger partial charge >= 0.3 is 0 Å². The lowest BCUT2D eigenvalue weighted by molar-refractivity contribution is 0.102. The van der Waals surface area contributed by atoms with Crippen LogP contribution in [0, 0.1) is 12.7 Å². The average molecular weight is 468 g/mol. The summed E-state index contributed by atoms with van der Waals surface area (Å²) in [6.07, 6.45) is 0. The second kappa shape index (κ2) is 9.82. The molecule has 0 saturated carbocycles. The number of para-hydroxylation sites is 1. The van der Waals surface area contributed by atoms with Gasteiger partial charge in [0.2, 0.25) is 10.0 Å². The van der Waals surface area contributed by atoms with Gasteiger partial charge in [-0.2, -0.15) is 4.31 Å². The first kappa shape index (κ1) is 23.1. The van der Waals surface area contributed by atoms with Crippen molar-refractivity contribution in [3.8, 4) is 0 Å². The predicted molar refractivity (Wildman–Crippen MR) is 126 cm³/mol. The second-order valence-electron chi connectivity index (χ2n) is 8.13. The van der Waals surface area contributed by atoms with Crippen molar-refractivity contribution < 1.29 is 17.6 Å². The highest BCUT2D eigenvalue weighted by Gasteiger charge is 2.28. The van der Waals surface area contributed by atoms with Gasteiger partial charge in [0.15, 0.2) is 0 Å². The van der Waals surface area contributed by atoms with Crippen molar-refractivity contribution in [2.45, 2.75) is 18.4 Å². The summed E-state index contributed by atoms with van der Waals surface area (Å²) in [7, 11) is -3.50. The summed E-state index contributed by atoms with van der Waals surface area (Å²) in [4.78, 5) is 15.0. The largest absolute Gasteiger partial charge is 0.319 e. The minimum absolute atomic E-state index is 0.138. The van der Waals surface area contributed by atoms with Gasteiger partial charge in [0.25, 0.3) is 5.91 Å². The minimum atomic E-state index is -3.50. The Hall–Kier alpha value is -3.07. The number of benzene rings is 3. The fourth-order valence-electron chi connectivity index (χ4n) is 3.81. The van der Waals surface area contributed by atoms with Crippen LogP contribution in [0.4, 0.5) is 10.1 Å². The highest BCUT2D eigenvalue weighted by molar-refractivity contribution is 7.89. The Morgan fingerprint density at radius 3 is 2.33 bits per heavy atom. The van der Waals surface area contributed by atoms with Gasteiger partial charge in [-0.25, -0.2) is 12.8 Å². The maximum atomic E-state index is 13.8. The normalized spacial score (nSPS) is 15.3. The van der Waals surface area contributed by atoms with E-state index in [1.165, 1.54) is 16.4 Å². The Morgan fingerprint density at radius 1 is 0.939 bits per heavy atom. The Balaban J connectivity index is 1.36. The topological polar surface area (TPSA) is 69.7 Å². The summed E-state index contributed by atoms with van der Waals surface area (Å²) in [5.41, 5.74) is 2.53. The molecule has 0 aromatic heterocycles. The van der Waals surface area contributed by atoms with E-state index < -0.39 is 15.8 Å². The highest BCUT2D eigenvalue weighted by atomic mass is 32.2. The predicted octanol–water partition coefficient (Wildman–Crippen LogP) is 3.89. The van der Waals surface area contributed by atoms with Crippen molar-refractivity contribution in [2.75, 3.05) is 31.5 Å². The molecule has 4 rings (SSSR count). The fraction of sp³-hybridized carbons (Fsp3) is 0.240. The molecule has 1 aliphatic heterocycles. The van der Waals surface area contributed by atoms with Gasteiger partial charge in [-0.3, -0.25) is 9.69 Å². The molecule has 3 aromatic carbocycles. The summed E-state index contributed by atoms with van der Waals surface area (Å²) in [6.45, 7) is 4.52. The summed E-state index contributed by atoms with van der Waals surface area (Å²) in [6, 6.07) is 20.1. The Morgan fingerprint density at radius 2 is 1.64 bits per heavy atom. The molecule has 0 unspecified atom stereocenters. The third-order valence-electron chi connectivity index (χ3n) is 5.71. The maximum absolute atomic E-state index is 13.8. The van der Waals surface area contributed by atoms with Crippen molar-refractivity contribution in [2.24, 2.45) is 0 Å². The lowest BCUT2D eigenvalue weighted by atomic mass is 10.1. The van der Waals surface area contributed by atoms with Crippen molar-refractivity contribution in [1.29, 1.82) is 0 Å². The number of carbonyl (C=O) groups is 1. The minimum Gasteiger partial charge on any atom is -0.319 e. The molecule has 1 fully saturated rings. The molecule has 1 amide bonds. The van der Waals surface area contributed by atoms with Crippen LogP contribution in [0.3, 0.4) is 0 Å². The molecule has 1 saturated heterocycles. The average Bonchev–Trinajstić information content (AvgIpc) is 2.81. The fourth-order valence-corrected chi connectivity index (χ4v) is 5.24. The molecule has 1 aliphatic rings. The number of sulfonamides is 1. The molecular weight excluding hydrogens is 441 g/mol. The van der Waals surface area contributed by atoms with Crippen molar-refractivity contribution in [3.63, 3.8) is 0 Å². The third-order valence-corrected chi connectivity index (χ3v) is 7.62. The van der Waals surface area contributed by atoms with Crippen LogP contribution in [0.1, 0.15) is 21.5 Å². The van der Waals surface area contributed by atoms with Gasteiger partial charge in [-0.1, -0.05) is 42.0 Å². The molecule has 1 heterocycles. The van der Waals surface area contributed by atoms with Crippen LogP contribution >= 0.6 is 0 Å². The number of amides is 1. The Labute approximate surface area is 193 Å². The summed E-state index contributed by atoms with van der Waals surface area (Å²) in [5, 5.41) is 2.60. The van der Waals surface area contributed by atoms with E-state index in [2.05, 4.69) is 10.2 Å². The molecule has 0 atom stereocenters. The monoisotopic (exact) mass is 467 g/mol. The van der Waals surface area contributed by atoms with E-state index in [1.807, 2.05) is 13.0 Å². The third kappa shape index (κ3) is 5.47. The van der Waals surface area contributed by atoms with Gasteiger partial charge in [0.05, 0.1) is 10.6 Å².